The molecule has 0 saturated heterocycles. The van der Waals surface area contributed by atoms with Crippen molar-refractivity contribution >= 4 is 0 Å². The van der Waals surface area contributed by atoms with E-state index in [2.05, 4.69) is 4.98 Å². The second-order valence-electron chi connectivity index (χ2n) is 4.18. The summed E-state index contributed by atoms with van der Waals surface area (Å²) in [5.74, 6) is 0.629. The molecule has 0 amide bonds. The molecule has 2 rings (SSSR count). The van der Waals surface area contributed by atoms with Crippen molar-refractivity contribution in [2.45, 2.75) is 38.0 Å². The summed E-state index contributed by atoms with van der Waals surface area (Å²) < 4.78 is 10.8. The molecule has 0 radical (unpaired) electrons. The largest absolute Gasteiger partial charge is 0.481 e. The molecular formula is C12H18N2O2. The van der Waals surface area contributed by atoms with Gasteiger partial charge in [-0.3, -0.25) is 0 Å². The van der Waals surface area contributed by atoms with Gasteiger partial charge in [-0.05, 0) is 25.3 Å². The van der Waals surface area contributed by atoms with E-state index in [1.807, 2.05) is 18.2 Å². The summed E-state index contributed by atoms with van der Waals surface area (Å²) >= 11 is 0. The number of aromatic nitrogens is 1. The Labute approximate surface area is 95.8 Å². The fraction of sp³-hybridized carbons (Fsp3) is 0.583. The summed E-state index contributed by atoms with van der Waals surface area (Å²) in [5, 5.41) is 0. The number of hydrogen-bond donors (Lipinski definition) is 1. The molecule has 0 bridgehead atoms. The second-order valence-corrected chi connectivity index (χ2v) is 4.18. The number of rotatable bonds is 4. The first-order chi connectivity index (χ1) is 7.78. The quantitative estimate of drug-likeness (QED) is 0.838. The third kappa shape index (κ3) is 2.93. The van der Waals surface area contributed by atoms with Gasteiger partial charge in [0.05, 0.1) is 25.5 Å². The van der Waals surface area contributed by atoms with Gasteiger partial charge in [0.25, 0.3) is 0 Å². The number of nitrogens with two attached hydrogens (primary N) is 1. The van der Waals surface area contributed by atoms with E-state index < -0.39 is 0 Å². The van der Waals surface area contributed by atoms with Gasteiger partial charge in [0.1, 0.15) is 0 Å². The van der Waals surface area contributed by atoms with Crippen molar-refractivity contribution in [2.24, 2.45) is 5.73 Å². The fourth-order valence-corrected chi connectivity index (χ4v) is 1.98. The van der Waals surface area contributed by atoms with E-state index >= 15 is 0 Å². The first-order valence-corrected chi connectivity index (χ1v) is 5.65. The van der Waals surface area contributed by atoms with Crippen LogP contribution in [-0.4, -0.2) is 24.2 Å². The first kappa shape index (κ1) is 11.4. The predicted molar refractivity (Wildman–Crippen MR) is 61.2 cm³/mol. The highest BCUT2D eigenvalue weighted by molar-refractivity contribution is 5.15. The van der Waals surface area contributed by atoms with Crippen molar-refractivity contribution in [3.05, 3.63) is 23.9 Å². The van der Waals surface area contributed by atoms with Gasteiger partial charge in [0, 0.05) is 12.1 Å². The molecule has 4 heteroatoms. The maximum atomic E-state index is 5.82. The Morgan fingerprint density at radius 3 is 3.00 bits per heavy atom. The van der Waals surface area contributed by atoms with Crippen molar-refractivity contribution in [3.63, 3.8) is 0 Å². The molecule has 0 aromatic carbocycles. The summed E-state index contributed by atoms with van der Waals surface area (Å²) in [6, 6.07) is 6.00. The van der Waals surface area contributed by atoms with Crippen LogP contribution in [-0.2, 0) is 11.3 Å². The van der Waals surface area contributed by atoms with E-state index in [9.17, 15) is 0 Å². The van der Waals surface area contributed by atoms with E-state index in [1.54, 1.807) is 7.11 Å². The summed E-state index contributed by atoms with van der Waals surface area (Å²) in [5.41, 5.74) is 6.73. The molecule has 2 unspecified atom stereocenters. The number of methoxy groups -OCH3 is 1. The van der Waals surface area contributed by atoms with Gasteiger partial charge >= 0.3 is 0 Å². The monoisotopic (exact) mass is 222 g/mol. The van der Waals surface area contributed by atoms with Crippen molar-refractivity contribution in [2.75, 3.05) is 7.11 Å². The molecule has 1 aliphatic rings. The minimum atomic E-state index is 0.294. The molecule has 1 fully saturated rings. The van der Waals surface area contributed by atoms with Crippen LogP contribution in [0.4, 0.5) is 0 Å². The van der Waals surface area contributed by atoms with Gasteiger partial charge in [0.2, 0.25) is 5.88 Å². The van der Waals surface area contributed by atoms with Crippen LogP contribution in [0, 0.1) is 0 Å². The molecule has 1 aromatic rings. The molecule has 1 saturated carbocycles. The fourth-order valence-electron chi connectivity index (χ4n) is 1.98. The minimum absolute atomic E-state index is 0.294. The maximum Gasteiger partial charge on any atom is 0.213 e. The molecule has 0 aliphatic heterocycles. The molecule has 2 N–H and O–H groups in total. The average molecular weight is 222 g/mol. The van der Waals surface area contributed by atoms with Crippen molar-refractivity contribution in [3.8, 4) is 5.88 Å². The van der Waals surface area contributed by atoms with E-state index in [-0.39, 0.29) is 0 Å². The lowest BCUT2D eigenvalue weighted by Gasteiger charge is -2.11. The van der Waals surface area contributed by atoms with Crippen molar-refractivity contribution in [1.29, 1.82) is 0 Å². The van der Waals surface area contributed by atoms with Crippen molar-refractivity contribution < 1.29 is 9.47 Å². The van der Waals surface area contributed by atoms with Crippen LogP contribution in [0.15, 0.2) is 18.2 Å². The summed E-state index contributed by atoms with van der Waals surface area (Å²) in [6.07, 6.45) is 3.38. The Kier molecular flexibility index (Phi) is 3.74. The van der Waals surface area contributed by atoms with Crippen molar-refractivity contribution in [1.82, 2.24) is 4.98 Å². The highest BCUT2D eigenvalue weighted by Gasteiger charge is 2.22. The molecule has 1 aliphatic carbocycles. The number of ether oxygens (including phenoxy) is 2. The Morgan fingerprint density at radius 1 is 1.44 bits per heavy atom. The Hall–Kier alpha value is -1.13. The maximum absolute atomic E-state index is 5.82. The zero-order valence-corrected chi connectivity index (χ0v) is 9.56. The lowest BCUT2D eigenvalue weighted by molar-refractivity contribution is 0.0427. The molecule has 2 atom stereocenters. The summed E-state index contributed by atoms with van der Waals surface area (Å²) in [7, 11) is 1.61. The second kappa shape index (κ2) is 5.27. The lowest BCUT2D eigenvalue weighted by atomic mass is 10.3. The molecular weight excluding hydrogens is 204 g/mol. The van der Waals surface area contributed by atoms with E-state index in [1.165, 1.54) is 0 Å². The zero-order valence-electron chi connectivity index (χ0n) is 9.56. The van der Waals surface area contributed by atoms with Gasteiger partial charge < -0.3 is 15.2 Å². The lowest BCUT2D eigenvalue weighted by Crippen LogP contribution is -2.17. The Balaban J connectivity index is 1.84. The van der Waals surface area contributed by atoms with Crippen LogP contribution in [0.25, 0.3) is 0 Å². The van der Waals surface area contributed by atoms with Crippen LogP contribution in [0.1, 0.15) is 25.0 Å². The highest BCUT2D eigenvalue weighted by Crippen LogP contribution is 2.21. The van der Waals surface area contributed by atoms with Crippen LogP contribution in [0.3, 0.4) is 0 Å². The molecule has 1 aromatic heterocycles. The predicted octanol–water partition coefficient (Wildman–Crippen LogP) is 1.49. The third-order valence-electron chi connectivity index (χ3n) is 2.88. The third-order valence-corrected chi connectivity index (χ3v) is 2.88. The Bertz CT molecular complexity index is 344. The van der Waals surface area contributed by atoms with Gasteiger partial charge in [-0.2, -0.15) is 0 Å². The smallest absolute Gasteiger partial charge is 0.213 e. The summed E-state index contributed by atoms with van der Waals surface area (Å²) in [6.45, 7) is 0.536. The zero-order chi connectivity index (χ0) is 11.4. The number of pyridine rings is 1. The van der Waals surface area contributed by atoms with E-state index in [4.69, 9.17) is 15.2 Å². The van der Waals surface area contributed by atoms with Crippen LogP contribution < -0.4 is 10.5 Å². The molecule has 0 spiro atoms. The normalized spacial score (nSPS) is 24.6. The van der Waals surface area contributed by atoms with E-state index in [0.29, 0.717) is 24.6 Å². The minimum Gasteiger partial charge on any atom is -0.481 e. The molecule has 88 valence electrons. The Morgan fingerprint density at radius 2 is 2.31 bits per heavy atom. The summed E-state index contributed by atoms with van der Waals surface area (Å²) in [4.78, 5) is 4.29. The van der Waals surface area contributed by atoms with Crippen LogP contribution >= 0.6 is 0 Å². The van der Waals surface area contributed by atoms with Gasteiger partial charge in [-0.15, -0.1) is 0 Å². The SMILES string of the molecule is COc1cccc(COC2CCC(N)C2)n1. The number of hydrogen-bond acceptors (Lipinski definition) is 4. The van der Waals surface area contributed by atoms with Gasteiger partial charge in [-0.1, -0.05) is 6.07 Å². The molecule has 1 heterocycles. The molecule has 4 nitrogen and oxygen atoms in total. The molecule has 16 heavy (non-hydrogen) atoms. The standard InChI is InChI=1S/C12H18N2O2/c1-15-12-4-2-3-10(14-12)8-16-11-6-5-9(13)7-11/h2-4,9,11H,5-8,13H2,1H3. The van der Waals surface area contributed by atoms with E-state index in [0.717, 1.165) is 25.0 Å². The van der Waals surface area contributed by atoms with Crippen LogP contribution in [0.2, 0.25) is 0 Å². The van der Waals surface area contributed by atoms with Gasteiger partial charge in [0.15, 0.2) is 0 Å². The highest BCUT2D eigenvalue weighted by atomic mass is 16.5. The topological polar surface area (TPSA) is 57.4 Å². The van der Waals surface area contributed by atoms with Gasteiger partial charge in [-0.25, -0.2) is 4.98 Å². The number of nitrogens with zero attached hydrogens (tertiary/aromatic N) is 1. The average Bonchev–Trinajstić information content (AvgIpc) is 2.73. The first-order valence-electron chi connectivity index (χ1n) is 5.65. The van der Waals surface area contributed by atoms with Crippen LogP contribution in [0.5, 0.6) is 5.88 Å².